The van der Waals surface area contributed by atoms with Crippen molar-refractivity contribution in [1.82, 2.24) is 5.16 Å². The molecule has 1 heterocycles. The molecule has 0 unspecified atom stereocenters. The van der Waals surface area contributed by atoms with Crippen LogP contribution in [0.2, 0.25) is 0 Å². The average molecular weight is 231 g/mol. The quantitative estimate of drug-likeness (QED) is 0.819. The van der Waals surface area contributed by atoms with Crippen LogP contribution >= 0.6 is 0 Å². The fourth-order valence-electron chi connectivity index (χ4n) is 1.56. The van der Waals surface area contributed by atoms with Crippen LogP contribution in [-0.2, 0) is 0 Å². The van der Waals surface area contributed by atoms with Crippen LogP contribution in [0.3, 0.4) is 0 Å². The van der Waals surface area contributed by atoms with Crippen LogP contribution in [0.1, 0.15) is 17.4 Å². The molecule has 17 heavy (non-hydrogen) atoms. The molecule has 2 aromatic rings. The molecule has 1 aromatic carbocycles. The Kier molecular flexibility index (Phi) is 3.09. The largest absolute Gasteiger partial charge is 0.399 e. The van der Waals surface area contributed by atoms with Gasteiger partial charge in [0.1, 0.15) is 6.26 Å². The number of hydrogen-bond donors (Lipinski definition) is 1. The van der Waals surface area contributed by atoms with Crippen LogP contribution in [0.15, 0.2) is 41.1 Å². The van der Waals surface area contributed by atoms with Crippen LogP contribution in [-0.4, -0.2) is 17.6 Å². The van der Waals surface area contributed by atoms with Gasteiger partial charge in [-0.15, -0.1) is 0 Å². The first-order valence-electron chi connectivity index (χ1n) is 5.30. The van der Waals surface area contributed by atoms with Gasteiger partial charge in [-0.05, 0) is 31.2 Å². The fraction of sp³-hybridized carbons (Fsp3) is 0.167. The summed E-state index contributed by atoms with van der Waals surface area (Å²) in [5, 5.41) is 3.64. The van der Waals surface area contributed by atoms with Crippen molar-refractivity contribution < 1.29 is 9.32 Å². The summed E-state index contributed by atoms with van der Waals surface area (Å²) < 4.78 is 4.67. The van der Waals surface area contributed by atoms with Crippen LogP contribution in [0.25, 0.3) is 0 Å². The first kappa shape index (κ1) is 11.2. The molecule has 0 saturated heterocycles. The van der Waals surface area contributed by atoms with Gasteiger partial charge in [0.2, 0.25) is 0 Å². The van der Waals surface area contributed by atoms with E-state index in [9.17, 15) is 4.79 Å². The number of amides is 1. The van der Waals surface area contributed by atoms with Crippen molar-refractivity contribution in [2.24, 2.45) is 0 Å². The third-order valence-electron chi connectivity index (χ3n) is 2.42. The van der Waals surface area contributed by atoms with Crippen LogP contribution in [0.4, 0.5) is 11.4 Å². The Balaban J connectivity index is 2.28. The van der Waals surface area contributed by atoms with Crippen molar-refractivity contribution in [2.45, 2.75) is 6.92 Å². The highest BCUT2D eigenvalue weighted by molar-refractivity contribution is 6.04. The maximum Gasteiger partial charge on any atom is 0.280 e. The zero-order chi connectivity index (χ0) is 12.3. The van der Waals surface area contributed by atoms with E-state index in [0.717, 1.165) is 5.69 Å². The van der Waals surface area contributed by atoms with E-state index in [1.165, 1.54) is 6.26 Å². The molecule has 2 N–H and O–H groups in total. The molecule has 1 amide bonds. The molecule has 0 aliphatic rings. The third kappa shape index (κ3) is 2.28. The monoisotopic (exact) mass is 231 g/mol. The Bertz CT molecular complexity index is 491. The van der Waals surface area contributed by atoms with Crippen LogP contribution in [0, 0.1) is 0 Å². The Morgan fingerprint density at radius 3 is 2.59 bits per heavy atom. The molecular weight excluding hydrogens is 218 g/mol. The molecule has 0 fully saturated rings. The number of hydrogen-bond acceptors (Lipinski definition) is 4. The van der Waals surface area contributed by atoms with Crippen molar-refractivity contribution in [2.75, 3.05) is 17.2 Å². The van der Waals surface area contributed by atoms with Gasteiger partial charge in [-0.2, -0.15) is 0 Å². The van der Waals surface area contributed by atoms with Gasteiger partial charge >= 0.3 is 0 Å². The van der Waals surface area contributed by atoms with Gasteiger partial charge in [-0.3, -0.25) is 4.79 Å². The van der Waals surface area contributed by atoms with Crippen molar-refractivity contribution in [3.8, 4) is 0 Å². The summed E-state index contributed by atoms with van der Waals surface area (Å²) in [5.41, 5.74) is 7.36. The van der Waals surface area contributed by atoms with Crippen molar-refractivity contribution >= 4 is 17.3 Å². The molecule has 2 rings (SSSR count). The van der Waals surface area contributed by atoms with Crippen molar-refractivity contribution in [1.29, 1.82) is 0 Å². The molecule has 0 radical (unpaired) electrons. The van der Waals surface area contributed by atoms with E-state index in [1.54, 1.807) is 35.2 Å². The van der Waals surface area contributed by atoms with Gasteiger partial charge in [0.25, 0.3) is 5.91 Å². The Labute approximate surface area is 98.8 Å². The first-order chi connectivity index (χ1) is 8.22. The van der Waals surface area contributed by atoms with E-state index in [0.29, 0.717) is 17.9 Å². The second kappa shape index (κ2) is 4.69. The average Bonchev–Trinajstić information content (AvgIpc) is 2.86. The highest BCUT2D eigenvalue weighted by Crippen LogP contribution is 2.18. The number of carbonyl (C=O) groups excluding carboxylic acids is 1. The maximum atomic E-state index is 12.1. The van der Waals surface area contributed by atoms with E-state index in [1.807, 2.05) is 6.92 Å². The van der Waals surface area contributed by atoms with E-state index >= 15 is 0 Å². The van der Waals surface area contributed by atoms with Crippen LogP contribution < -0.4 is 10.6 Å². The van der Waals surface area contributed by atoms with Gasteiger partial charge < -0.3 is 15.2 Å². The lowest BCUT2D eigenvalue weighted by molar-refractivity contribution is 0.0979. The number of rotatable bonds is 3. The number of aromatic nitrogens is 1. The molecular formula is C12H13N3O2. The van der Waals surface area contributed by atoms with Gasteiger partial charge in [0.05, 0.1) is 0 Å². The lowest BCUT2D eigenvalue weighted by Gasteiger charge is -2.19. The molecule has 0 atom stereocenters. The number of carbonyl (C=O) groups is 1. The third-order valence-corrected chi connectivity index (χ3v) is 2.42. The first-order valence-corrected chi connectivity index (χ1v) is 5.30. The molecule has 88 valence electrons. The summed E-state index contributed by atoms with van der Waals surface area (Å²) >= 11 is 0. The van der Waals surface area contributed by atoms with Gasteiger partial charge in [0.15, 0.2) is 5.69 Å². The molecule has 0 saturated carbocycles. The van der Waals surface area contributed by atoms with Gasteiger partial charge in [-0.1, -0.05) is 5.16 Å². The summed E-state index contributed by atoms with van der Waals surface area (Å²) in [5.74, 6) is -0.189. The highest BCUT2D eigenvalue weighted by Gasteiger charge is 2.18. The number of nitrogen functional groups attached to an aromatic ring is 1. The SMILES string of the molecule is CCN(C(=O)c1ccon1)c1ccc(N)cc1. The van der Waals surface area contributed by atoms with E-state index in [2.05, 4.69) is 9.68 Å². The lowest BCUT2D eigenvalue weighted by Crippen LogP contribution is -2.30. The Hall–Kier alpha value is -2.30. The maximum absolute atomic E-state index is 12.1. The zero-order valence-electron chi connectivity index (χ0n) is 9.46. The van der Waals surface area contributed by atoms with Gasteiger partial charge in [-0.25, -0.2) is 0 Å². The normalized spacial score (nSPS) is 10.2. The molecule has 5 heteroatoms. The molecule has 0 aliphatic carbocycles. The minimum Gasteiger partial charge on any atom is -0.399 e. The minimum absolute atomic E-state index is 0.189. The molecule has 0 spiro atoms. The lowest BCUT2D eigenvalue weighted by atomic mass is 10.2. The Morgan fingerprint density at radius 1 is 1.35 bits per heavy atom. The second-order valence-electron chi connectivity index (χ2n) is 3.53. The standard InChI is InChI=1S/C12H13N3O2/c1-2-15(10-5-3-9(13)4-6-10)12(16)11-7-8-17-14-11/h3-8H,2,13H2,1H3. The summed E-state index contributed by atoms with van der Waals surface area (Å²) in [6.45, 7) is 2.45. The van der Waals surface area contributed by atoms with Crippen molar-refractivity contribution in [3.63, 3.8) is 0 Å². The van der Waals surface area contributed by atoms with Crippen LogP contribution in [0.5, 0.6) is 0 Å². The van der Waals surface area contributed by atoms with E-state index in [4.69, 9.17) is 5.73 Å². The zero-order valence-corrected chi connectivity index (χ0v) is 9.46. The predicted molar refractivity (Wildman–Crippen MR) is 64.7 cm³/mol. The van der Waals surface area contributed by atoms with E-state index < -0.39 is 0 Å². The molecule has 0 aliphatic heterocycles. The van der Waals surface area contributed by atoms with Crippen molar-refractivity contribution in [3.05, 3.63) is 42.3 Å². The topological polar surface area (TPSA) is 72.4 Å². The molecule has 0 bridgehead atoms. The number of nitrogens with two attached hydrogens (primary N) is 1. The number of nitrogens with zero attached hydrogens (tertiary/aromatic N) is 2. The molecule has 1 aromatic heterocycles. The fourth-order valence-corrected chi connectivity index (χ4v) is 1.56. The minimum atomic E-state index is -0.189. The summed E-state index contributed by atoms with van der Waals surface area (Å²) in [7, 11) is 0. The Morgan fingerprint density at radius 2 is 2.06 bits per heavy atom. The number of benzene rings is 1. The smallest absolute Gasteiger partial charge is 0.280 e. The van der Waals surface area contributed by atoms with E-state index in [-0.39, 0.29) is 5.91 Å². The highest BCUT2D eigenvalue weighted by atomic mass is 16.5. The number of anilines is 2. The summed E-state index contributed by atoms with van der Waals surface area (Å²) in [4.78, 5) is 13.7. The summed E-state index contributed by atoms with van der Waals surface area (Å²) in [6.07, 6.45) is 1.38. The molecule has 5 nitrogen and oxygen atoms in total. The summed E-state index contributed by atoms with van der Waals surface area (Å²) in [6, 6.07) is 8.66. The van der Waals surface area contributed by atoms with Gasteiger partial charge in [0, 0.05) is 24.0 Å². The second-order valence-corrected chi connectivity index (χ2v) is 3.53. The predicted octanol–water partition coefficient (Wildman–Crippen LogP) is 1.92.